The molecule has 1 aliphatic heterocycles. The van der Waals surface area contributed by atoms with Gasteiger partial charge in [0.25, 0.3) is 0 Å². The van der Waals surface area contributed by atoms with Crippen molar-refractivity contribution in [3.63, 3.8) is 0 Å². The Morgan fingerprint density at radius 2 is 2.29 bits per heavy atom. The van der Waals surface area contributed by atoms with Crippen LogP contribution in [0.4, 0.5) is 10.1 Å². The molecule has 1 aromatic carbocycles. The molecule has 1 aliphatic rings. The maximum absolute atomic E-state index is 13.6. The van der Waals surface area contributed by atoms with Crippen molar-refractivity contribution in [3.8, 4) is 0 Å². The number of amides is 1. The van der Waals surface area contributed by atoms with Gasteiger partial charge >= 0.3 is 5.69 Å². The SMILES string of the molecule is CNC(=O)[C@@H]1CCCCN1Cc1ccc([N+](=O)[O-])c(F)c1. The van der Waals surface area contributed by atoms with Gasteiger partial charge in [-0.25, -0.2) is 0 Å². The highest BCUT2D eigenvalue weighted by Crippen LogP contribution is 2.23. The number of nitro benzene ring substituents is 1. The third-order valence-corrected chi connectivity index (χ3v) is 3.76. The van der Waals surface area contributed by atoms with Crippen LogP contribution in [0.3, 0.4) is 0 Å². The fraction of sp³-hybridized carbons (Fsp3) is 0.500. The average Bonchev–Trinajstić information content (AvgIpc) is 2.46. The van der Waals surface area contributed by atoms with Crippen LogP contribution in [0.5, 0.6) is 0 Å². The first kappa shape index (κ1) is 15.4. The molecule has 114 valence electrons. The minimum atomic E-state index is -0.842. The molecule has 1 amide bonds. The van der Waals surface area contributed by atoms with Crippen molar-refractivity contribution in [1.29, 1.82) is 0 Å². The second kappa shape index (κ2) is 6.62. The summed E-state index contributed by atoms with van der Waals surface area (Å²) in [6.07, 6.45) is 2.75. The van der Waals surface area contributed by atoms with E-state index in [0.29, 0.717) is 12.1 Å². The Balaban J connectivity index is 2.14. The van der Waals surface area contributed by atoms with Gasteiger partial charge < -0.3 is 5.32 Å². The van der Waals surface area contributed by atoms with Crippen LogP contribution in [0.15, 0.2) is 18.2 Å². The molecule has 1 saturated heterocycles. The summed E-state index contributed by atoms with van der Waals surface area (Å²) in [5.74, 6) is -0.886. The number of carbonyl (C=O) groups is 1. The molecule has 0 spiro atoms. The zero-order valence-electron chi connectivity index (χ0n) is 11.8. The highest BCUT2D eigenvalue weighted by Gasteiger charge is 2.28. The van der Waals surface area contributed by atoms with Gasteiger partial charge in [0, 0.05) is 19.7 Å². The smallest absolute Gasteiger partial charge is 0.304 e. The Hall–Kier alpha value is -2.02. The molecule has 0 aromatic heterocycles. The Labute approximate surface area is 122 Å². The van der Waals surface area contributed by atoms with Crippen molar-refractivity contribution >= 4 is 11.6 Å². The van der Waals surface area contributed by atoms with E-state index in [-0.39, 0.29) is 11.9 Å². The predicted octanol–water partition coefficient (Wildman–Crippen LogP) is 1.83. The van der Waals surface area contributed by atoms with E-state index < -0.39 is 16.4 Å². The summed E-state index contributed by atoms with van der Waals surface area (Å²) >= 11 is 0. The molecule has 1 atom stereocenters. The molecule has 0 unspecified atom stereocenters. The Bertz CT molecular complexity index is 550. The van der Waals surface area contributed by atoms with Crippen LogP contribution in [-0.2, 0) is 11.3 Å². The van der Waals surface area contributed by atoms with Crippen molar-refractivity contribution in [2.45, 2.75) is 31.8 Å². The second-order valence-electron chi connectivity index (χ2n) is 5.14. The molecule has 0 aliphatic carbocycles. The molecule has 1 heterocycles. The topological polar surface area (TPSA) is 75.5 Å². The number of likely N-dealkylation sites (N-methyl/N-ethyl adjacent to an activating group) is 1. The van der Waals surface area contributed by atoms with Crippen molar-refractivity contribution in [2.24, 2.45) is 0 Å². The van der Waals surface area contributed by atoms with Gasteiger partial charge in [0.1, 0.15) is 0 Å². The van der Waals surface area contributed by atoms with Gasteiger partial charge in [0.15, 0.2) is 0 Å². The molecule has 1 N–H and O–H groups in total. The zero-order valence-corrected chi connectivity index (χ0v) is 11.8. The van der Waals surface area contributed by atoms with Crippen LogP contribution in [0.1, 0.15) is 24.8 Å². The van der Waals surface area contributed by atoms with E-state index in [2.05, 4.69) is 5.32 Å². The van der Waals surface area contributed by atoms with Crippen LogP contribution >= 0.6 is 0 Å². The minimum Gasteiger partial charge on any atom is -0.358 e. The van der Waals surface area contributed by atoms with Gasteiger partial charge in [0.05, 0.1) is 11.0 Å². The fourth-order valence-electron chi connectivity index (χ4n) is 2.68. The quantitative estimate of drug-likeness (QED) is 0.679. The molecule has 6 nitrogen and oxygen atoms in total. The average molecular weight is 295 g/mol. The van der Waals surface area contributed by atoms with Crippen molar-refractivity contribution in [3.05, 3.63) is 39.7 Å². The van der Waals surface area contributed by atoms with E-state index in [1.807, 2.05) is 4.90 Å². The first-order chi connectivity index (χ1) is 10.0. The van der Waals surface area contributed by atoms with Crippen molar-refractivity contribution in [2.75, 3.05) is 13.6 Å². The highest BCUT2D eigenvalue weighted by molar-refractivity contribution is 5.81. The zero-order chi connectivity index (χ0) is 15.4. The number of benzene rings is 1. The van der Waals surface area contributed by atoms with E-state index in [4.69, 9.17) is 0 Å². The normalized spacial score (nSPS) is 19.2. The lowest BCUT2D eigenvalue weighted by atomic mass is 10.0. The number of nitrogens with one attached hydrogen (secondary N) is 1. The standard InChI is InChI=1S/C14H18FN3O3/c1-16-14(19)13-4-2-3-7-17(13)9-10-5-6-12(18(20)21)11(15)8-10/h5-6,8,13H,2-4,7,9H2,1H3,(H,16,19)/t13-/m0/s1. The number of carbonyl (C=O) groups excluding carboxylic acids is 1. The molecule has 0 bridgehead atoms. The number of piperidine rings is 1. The monoisotopic (exact) mass is 295 g/mol. The van der Waals surface area contributed by atoms with Crippen molar-refractivity contribution in [1.82, 2.24) is 10.2 Å². The number of halogens is 1. The molecular weight excluding hydrogens is 277 g/mol. The molecule has 1 fully saturated rings. The molecule has 1 aromatic rings. The largest absolute Gasteiger partial charge is 0.358 e. The summed E-state index contributed by atoms with van der Waals surface area (Å²) in [5.41, 5.74) is 0.106. The Morgan fingerprint density at radius 3 is 2.90 bits per heavy atom. The molecule has 2 rings (SSSR count). The predicted molar refractivity (Wildman–Crippen MR) is 75.2 cm³/mol. The van der Waals surface area contributed by atoms with E-state index >= 15 is 0 Å². The third kappa shape index (κ3) is 3.55. The maximum atomic E-state index is 13.6. The van der Waals surface area contributed by atoms with E-state index in [9.17, 15) is 19.3 Å². The summed E-state index contributed by atoms with van der Waals surface area (Å²) < 4.78 is 13.6. The van der Waals surface area contributed by atoms with Gasteiger partial charge in [-0.15, -0.1) is 0 Å². The van der Waals surface area contributed by atoms with Gasteiger partial charge in [-0.1, -0.05) is 12.5 Å². The van der Waals surface area contributed by atoms with Crippen LogP contribution in [0, 0.1) is 15.9 Å². The van der Waals surface area contributed by atoms with Crippen LogP contribution in [0.2, 0.25) is 0 Å². The first-order valence-electron chi connectivity index (χ1n) is 6.91. The maximum Gasteiger partial charge on any atom is 0.304 e. The van der Waals surface area contributed by atoms with Gasteiger partial charge in [-0.3, -0.25) is 19.8 Å². The lowest BCUT2D eigenvalue weighted by molar-refractivity contribution is -0.387. The number of rotatable bonds is 4. The highest BCUT2D eigenvalue weighted by atomic mass is 19.1. The second-order valence-corrected chi connectivity index (χ2v) is 5.14. The minimum absolute atomic E-state index is 0.0444. The molecule has 0 saturated carbocycles. The van der Waals surface area contributed by atoms with Crippen LogP contribution in [-0.4, -0.2) is 35.4 Å². The van der Waals surface area contributed by atoms with E-state index in [1.54, 1.807) is 7.05 Å². The lowest BCUT2D eigenvalue weighted by Crippen LogP contribution is -2.48. The summed E-state index contributed by atoms with van der Waals surface area (Å²) in [7, 11) is 1.60. The number of hydrogen-bond donors (Lipinski definition) is 1. The number of nitro groups is 1. The Kier molecular flexibility index (Phi) is 4.85. The van der Waals surface area contributed by atoms with E-state index in [0.717, 1.165) is 25.8 Å². The number of likely N-dealkylation sites (tertiary alicyclic amines) is 1. The van der Waals surface area contributed by atoms with Gasteiger partial charge in [0.2, 0.25) is 11.7 Å². The molecular formula is C14H18FN3O3. The summed E-state index contributed by atoms with van der Waals surface area (Å²) in [6.45, 7) is 1.17. The Morgan fingerprint density at radius 1 is 1.52 bits per heavy atom. The summed E-state index contributed by atoms with van der Waals surface area (Å²) in [4.78, 5) is 23.7. The molecule has 21 heavy (non-hydrogen) atoms. The van der Waals surface area contributed by atoms with Gasteiger partial charge in [-0.2, -0.15) is 4.39 Å². The number of hydrogen-bond acceptors (Lipinski definition) is 4. The van der Waals surface area contributed by atoms with Crippen LogP contribution < -0.4 is 5.32 Å². The molecule has 7 heteroatoms. The van der Waals surface area contributed by atoms with Gasteiger partial charge in [-0.05, 0) is 31.0 Å². The fourth-order valence-corrected chi connectivity index (χ4v) is 2.68. The number of nitrogens with zero attached hydrogens (tertiary/aromatic N) is 2. The third-order valence-electron chi connectivity index (χ3n) is 3.76. The van der Waals surface area contributed by atoms with Crippen molar-refractivity contribution < 1.29 is 14.1 Å². The summed E-state index contributed by atoms with van der Waals surface area (Å²) in [6, 6.07) is 3.66. The lowest BCUT2D eigenvalue weighted by Gasteiger charge is -2.34. The summed E-state index contributed by atoms with van der Waals surface area (Å²) in [5, 5.41) is 13.2. The van der Waals surface area contributed by atoms with Crippen LogP contribution in [0.25, 0.3) is 0 Å². The van der Waals surface area contributed by atoms with E-state index in [1.165, 1.54) is 18.2 Å². The first-order valence-corrected chi connectivity index (χ1v) is 6.91. The molecule has 0 radical (unpaired) electrons.